The van der Waals surface area contributed by atoms with E-state index in [1.807, 2.05) is 6.92 Å². The van der Waals surface area contributed by atoms with Crippen molar-refractivity contribution < 1.29 is 13.9 Å². The van der Waals surface area contributed by atoms with Gasteiger partial charge >= 0.3 is 0 Å². The monoisotopic (exact) mass is 269 g/mol. The average Bonchev–Trinajstić information content (AvgIpc) is 2.38. The molecule has 2 nitrogen and oxygen atoms in total. The molecule has 1 aliphatic heterocycles. The SMILES string of the molecule is CC(O)C1CCCN(C(C)c2c(F)cccc2F)C1. The number of hydrogen-bond acceptors (Lipinski definition) is 2. The van der Waals surface area contributed by atoms with Gasteiger partial charge in [0.25, 0.3) is 0 Å². The summed E-state index contributed by atoms with van der Waals surface area (Å²) in [5, 5.41) is 9.68. The van der Waals surface area contributed by atoms with Crippen molar-refractivity contribution in [2.75, 3.05) is 13.1 Å². The summed E-state index contributed by atoms with van der Waals surface area (Å²) in [6, 6.07) is 3.67. The highest BCUT2D eigenvalue weighted by Crippen LogP contribution is 2.30. The maximum atomic E-state index is 13.8. The molecule has 3 unspecified atom stereocenters. The van der Waals surface area contributed by atoms with E-state index in [-0.39, 0.29) is 23.6 Å². The first-order chi connectivity index (χ1) is 9.00. The molecule has 1 fully saturated rings. The number of rotatable bonds is 3. The predicted octanol–water partition coefficient (Wildman–Crippen LogP) is 3.12. The molecule has 2 rings (SSSR count). The number of halogens is 2. The first-order valence-electron chi connectivity index (χ1n) is 6.86. The van der Waals surface area contributed by atoms with E-state index in [0.717, 1.165) is 19.4 Å². The fraction of sp³-hybridized carbons (Fsp3) is 0.600. The molecule has 0 aliphatic carbocycles. The fourth-order valence-corrected chi connectivity index (χ4v) is 2.88. The third-order valence-corrected chi connectivity index (χ3v) is 4.14. The van der Waals surface area contributed by atoms with Crippen LogP contribution in [0.15, 0.2) is 18.2 Å². The largest absolute Gasteiger partial charge is 0.393 e. The molecule has 1 aromatic carbocycles. The highest BCUT2D eigenvalue weighted by molar-refractivity contribution is 5.23. The molecule has 19 heavy (non-hydrogen) atoms. The lowest BCUT2D eigenvalue weighted by Gasteiger charge is -2.38. The molecule has 1 aromatic rings. The first kappa shape index (κ1) is 14.4. The summed E-state index contributed by atoms with van der Waals surface area (Å²) in [7, 11) is 0. The molecule has 1 aliphatic rings. The molecule has 0 amide bonds. The maximum Gasteiger partial charge on any atom is 0.130 e. The van der Waals surface area contributed by atoms with Crippen LogP contribution in [0.2, 0.25) is 0 Å². The summed E-state index contributed by atoms with van der Waals surface area (Å²) in [6.45, 7) is 5.11. The normalized spacial score (nSPS) is 24.2. The van der Waals surface area contributed by atoms with Gasteiger partial charge in [0.15, 0.2) is 0 Å². The van der Waals surface area contributed by atoms with E-state index in [4.69, 9.17) is 0 Å². The lowest BCUT2D eigenvalue weighted by Crippen LogP contribution is -2.41. The van der Waals surface area contributed by atoms with E-state index in [0.29, 0.717) is 6.54 Å². The number of likely N-dealkylation sites (tertiary alicyclic amines) is 1. The van der Waals surface area contributed by atoms with Gasteiger partial charge in [-0.15, -0.1) is 0 Å². The van der Waals surface area contributed by atoms with Crippen LogP contribution < -0.4 is 0 Å². The van der Waals surface area contributed by atoms with Crippen LogP contribution in [0.3, 0.4) is 0 Å². The van der Waals surface area contributed by atoms with Crippen molar-refractivity contribution in [1.82, 2.24) is 4.90 Å². The maximum absolute atomic E-state index is 13.8. The number of piperidine rings is 1. The van der Waals surface area contributed by atoms with Crippen molar-refractivity contribution >= 4 is 0 Å². The van der Waals surface area contributed by atoms with Gasteiger partial charge in [0, 0.05) is 18.2 Å². The number of hydrogen-bond donors (Lipinski definition) is 1. The minimum atomic E-state index is -0.494. The molecule has 3 atom stereocenters. The van der Waals surface area contributed by atoms with Gasteiger partial charge in [-0.2, -0.15) is 0 Å². The summed E-state index contributed by atoms with van der Waals surface area (Å²) in [5.41, 5.74) is 0.133. The van der Waals surface area contributed by atoms with Gasteiger partial charge in [0.1, 0.15) is 11.6 Å². The molecular weight excluding hydrogens is 248 g/mol. The van der Waals surface area contributed by atoms with E-state index in [1.54, 1.807) is 6.92 Å². The number of aliphatic hydroxyl groups is 1. The van der Waals surface area contributed by atoms with Gasteiger partial charge in [-0.3, -0.25) is 4.90 Å². The highest BCUT2D eigenvalue weighted by Gasteiger charge is 2.29. The molecule has 0 aromatic heterocycles. The van der Waals surface area contributed by atoms with Gasteiger partial charge in [0.05, 0.1) is 6.10 Å². The Morgan fingerprint density at radius 1 is 1.26 bits per heavy atom. The number of benzene rings is 1. The third kappa shape index (κ3) is 3.12. The minimum Gasteiger partial charge on any atom is -0.393 e. The molecule has 0 radical (unpaired) electrons. The topological polar surface area (TPSA) is 23.5 Å². The predicted molar refractivity (Wildman–Crippen MR) is 70.8 cm³/mol. The molecule has 1 heterocycles. The number of nitrogens with zero attached hydrogens (tertiary/aromatic N) is 1. The molecule has 0 saturated carbocycles. The second kappa shape index (κ2) is 5.97. The zero-order valence-electron chi connectivity index (χ0n) is 11.4. The van der Waals surface area contributed by atoms with Crippen LogP contribution in [-0.2, 0) is 0 Å². The Balaban J connectivity index is 2.17. The zero-order chi connectivity index (χ0) is 14.0. The van der Waals surface area contributed by atoms with Crippen molar-refractivity contribution in [2.24, 2.45) is 5.92 Å². The quantitative estimate of drug-likeness (QED) is 0.911. The summed E-state index contributed by atoms with van der Waals surface area (Å²) >= 11 is 0. The van der Waals surface area contributed by atoms with E-state index < -0.39 is 11.6 Å². The Morgan fingerprint density at radius 2 is 1.89 bits per heavy atom. The van der Waals surface area contributed by atoms with Crippen LogP contribution in [0, 0.1) is 17.6 Å². The van der Waals surface area contributed by atoms with Crippen molar-refractivity contribution in [1.29, 1.82) is 0 Å². The minimum absolute atomic E-state index is 0.133. The molecule has 106 valence electrons. The second-order valence-corrected chi connectivity index (χ2v) is 5.45. The Labute approximate surface area is 113 Å². The van der Waals surface area contributed by atoms with Crippen molar-refractivity contribution in [2.45, 2.75) is 38.8 Å². The second-order valence-electron chi connectivity index (χ2n) is 5.45. The van der Waals surface area contributed by atoms with Gasteiger partial charge < -0.3 is 5.11 Å². The third-order valence-electron chi connectivity index (χ3n) is 4.14. The standard InChI is InChI=1S/C15H21F2NO/c1-10(15-13(16)6-3-7-14(15)17)18-8-4-5-12(9-18)11(2)19/h3,6-7,10-12,19H,4-5,8-9H2,1-2H3. The number of aliphatic hydroxyl groups excluding tert-OH is 1. The van der Waals surface area contributed by atoms with E-state index in [1.165, 1.54) is 18.2 Å². The smallest absolute Gasteiger partial charge is 0.130 e. The molecule has 0 spiro atoms. The molecule has 4 heteroatoms. The Hall–Kier alpha value is -1.00. The highest BCUT2D eigenvalue weighted by atomic mass is 19.1. The van der Waals surface area contributed by atoms with Crippen LogP contribution in [0.25, 0.3) is 0 Å². The summed E-state index contributed by atoms with van der Waals surface area (Å²) in [6.07, 6.45) is 1.55. The van der Waals surface area contributed by atoms with Gasteiger partial charge in [-0.25, -0.2) is 8.78 Å². The first-order valence-corrected chi connectivity index (χ1v) is 6.86. The molecule has 1 saturated heterocycles. The molecule has 0 bridgehead atoms. The van der Waals surface area contributed by atoms with Gasteiger partial charge in [-0.05, 0) is 51.3 Å². The summed E-state index contributed by atoms with van der Waals surface area (Å²) in [4.78, 5) is 2.06. The van der Waals surface area contributed by atoms with E-state index in [9.17, 15) is 13.9 Å². The van der Waals surface area contributed by atoms with Gasteiger partial charge in [0.2, 0.25) is 0 Å². The van der Waals surface area contributed by atoms with Crippen LogP contribution >= 0.6 is 0 Å². The van der Waals surface area contributed by atoms with Gasteiger partial charge in [-0.1, -0.05) is 6.07 Å². The van der Waals surface area contributed by atoms with Crippen LogP contribution in [-0.4, -0.2) is 29.2 Å². The van der Waals surface area contributed by atoms with Crippen LogP contribution in [0.5, 0.6) is 0 Å². The average molecular weight is 269 g/mol. The Kier molecular flexibility index (Phi) is 4.53. The lowest BCUT2D eigenvalue weighted by molar-refractivity contribution is 0.0458. The lowest BCUT2D eigenvalue weighted by atomic mass is 9.91. The van der Waals surface area contributed by atoms with Crippen LogP contribution in [0.1, 0.15) is 38.3 Å². The van der Waals surface area contributed by atoms with Crippen molar-refractivity contribution in [3.8, 4) is 0 Å². The Morgan fingerprint density at radius 3 is 2.47 bits per heavy atom. The summed E-state index contributed by atoms with van der Waals surface area (Å²) in [5.74, 6) is -0.802. The van der Waals surface area contributed by atoms with E-state index >= 15 is 0 Å². The Bertz CT molecular complexity index is 416. The fourth-order valence-electron chi connectivity index (χ4n) is 2.88. The van der Waals surface area contributed by atoms with Crippen LogP contribution in [0.4, 0.5) is 8.78 Å². The zero-order valence-corrected chi connectivity index (χ0v) is 11.4. The van der Waals surface area contributed by atoms with Crippen molar-refractivity contribution in [3.63, 3.8) is 0 Å². The molecule has 1 N–H and O–H groups in total. The van der Waals surface area contributed by atoms with E-state index in [2.05, 4.69) is 4.90 Å². The summed E-state index contributed by atoms with van der Waals surface area (Å²) < 4.78 is 27.6. The molecular formula is C15H21F2NO. The van der Waals surface area contributed by atoms with Crippen molar-refractivity contribution in [3.05, 3.63) is 35.4 Å².